The van der Waals surface area contributed by atoms with Crippen LogP contribution in [0.1, 0.15) is 22.3 Å². The molecule has 0 saturated heterocycles. The Balaban J connectivity index is 1.03. The normalized spacial score (nSPS) is 13.2. The van der Waals surface area contributed by atoms with Crippen LogP contribution in [-0.2, 0) is 5.41 Å². The van der Waals surface area contributed by atoms with Crippen molar-refractivity contribution in [2.24, 2.45) is 0 Å². The summed E-state index contributed by atoms with van der Waals surface area (Å²) in [5, 5.41) is 4.43. The van der Waals surface area contributed by atoms with Crippen molar-refractivity contribution >= 4 is 43.7 Å². The standard InChI is InChI=1S/C58H34N4O/c1-2-14-35(15-3-1)36-26-28-37(29-27-36)55-59-56(38-30-31-44-43-20-8-13-25-53(43)63-54(44)32-38)61-57(60-55)62-51-24-12-7-19-42(51)46-33-50-45(34-52(46)62)41-18-6-11-23-49(41)58(50)47-21-9-4-16-39(47)40-17-5-10-22-48(40)58/h1-34H. The van der Waals surface area contributed by atoms with Crippen molar-refractivity contribution in [2.45, 2.75) is 5.41 Å². The Morgan fingerprint density at radius 1 is 0.333 bits per heavy atom. The van der Waals surface area contributed by atoms with Gasteiger partial charge in [0.05, 0.1) is 16.4 Å². The second kappa shape index (κ2) is 12.8. The first-order chi connectivity index (χ1) is 31.2. The van der Waals surface area contributed by atoms with Gasteiger partial charge in [0, 0.05) is 32.7 Å². The van der Waals surface area contributed by atoms with Gasteiger partial charge in [0.15, 0.2) is 11.6 Å². The molecule has 0 unspecified atom stereocenters. The largest absolute Gasteiger partial charge is 0.456 e. The fourth-order valence-electron chi connectivity index (χ4n) is 10.8. The highest BCUT2D eigenvalue weighted by Crippen LogP contribution is 2.63. The summed E-state index contributed by atoms with van der Waals surface area (Å²) in [6.07, 6.45) is 0. The lowest BCUT2D eigenvalue weighted by Gasteiger charge is -2.30. The summed E-state index contributed by atoms with van der Waals surface area (Å²) in [5.41, 5.74) is 17.6. The van der Waals surface area contributed by atoms with Crippen LogP contribution in [0.5, 0.6) is 0 Å². The van der Waals surface area contributed by atoms with E-state index in [0.717, 1.165) is 66.0 Å². The summed E-state index contributed by atoms with van der Waals surface area (Å²) in [4.78, 5) is 15.9. The Bertz CT molecular complexity index is 3810. The van der Waals surface area contributed by atoms with Crippen molar-refractivity contribution in [1.82, 2.24) is 19.5 Å². The van der Waals surface area contributed by atoms with Crippen LogP contribution in [0.3, 0.4) is 0 Å². The molecule has 0 aliphatic heterocycles. The van der Waals surface area contributed by atoms with Gasteiger partial charge in [-0.15, -0.1) is 0 Å². The zero-order valence-electron chi connectivity index (χ0n) is 33.8. The average Bonchev–Trinajstić information content (AvgIpc) is 4.07. The molecule has 5 nitrogen and oxygen atoms in total. The van der Waals surface area contributed by atoms with E-state index in [9.17, 15) is 0 Å². The first-order valence-electron chi connectivity index (χ1n) is 21.4. The van der Waals surface area contributed by atoms with E-state index in [2.05, 4.69) is 187 Å². The van der Waals surface area contributed by atoms with Crippen LogP contribution >= 0.6 is 0 Å². The minimum absolute atomic E-state index is 0.453. The van der Waals surface area contributed by atoms with Crippen molar-refractivity contribution in [3.63, 3.8) is 0 Å². The molecule has 0 amide bonds. The molecular weight excluding hydrogens is 769 g/mol. The van der Waals surface area contributed by atoms with Crippen molar-refractivity contribution in [2.75, 3.05) is 0 Å². The minimum Gasteiger partial charge on any atom is -0.456 e. The first kappa shape index (κ1) is 34.3. The SMILES string of the molecule is c1ccc(-c2ccc(-c3nc(-c4ccc5c(c4)oc4ccccc45)nc(-n4c5ccccc5c5cc6c(cc54)-c4ccccc4C64c5ccccc5-c5ccccc54)n3)cc2)cc1. The van der Waals surface area contributed by atoms with Crippen LogP contribution in [0.4, 0.5) is 0 Å². The molecular formula is C58H34N4O. The maximum atomic E-state index is 6.38. The molecule has 1 spiro atoms. The third kappa shape index (κ3) is 4.73. The summed E-state index contributed by atoms with van der Waals surface area (Å²) in [7, 11) is 0. The van der Waals surface area contributed by atoms with Gasteiger partial charge >= 0.3 is 0 Å². The van der Waals surface area contributed by atoms with E-state index >= 15 is 0 Å². The summed E-state index contributed by atoms with van der Waals surface area (Å²) in [5.74, 6) is 1.71. The van der Waals surface area contributed by atoms with Gasteiger partial charge in [0.25, 0.3) is 0 Å². The molecule has 14 rings (SSSR count). The molecule has 2 aliphatic rings. The van der Waals surface area contributed by atoms with Crippen LogP contribution in [-0.4, -0.2) is 19.5 Å². The van der Waals surface area contributed by atoms with Gasteiger partial charge in [-0.1, -0.05) is 170 Å². The molecule has 292 valence electrons. The van der Waals surface area contributed by atoms with Crippen molar-refractivity contribution in [3.8, 4) is 62.1 Å². The number of benzene rings is 9. The molecule has 0 saturated carbocycles. The number of para-hydroxylation sites is 2. The zero-order chi connectivity index (χ0) is 41.2. The summed E-state index contributed by atoms with van der Waals surface area (Å²) < 4.78 is 8.62. The number of rotatable bonds is 4. The Morgan fingerprint density at radius 3 is 1.60 bits per heavy atom. The van der Waals surface area contributed by atoms with Gasteiger partial charge in [-0.2, -0.15) is 9.97 Å². The molecule has 12 aromatic rings. The zero-order valence-corrected chi connectivity index (χ0v) is 33.8. The minimum atomic E-state index is -0.453. The molecule has 9 aromatic carbocycles. The maximum absolute atomic E-state index is 6.38. The summed E-state index contributed by atoms with van der Waals surface area (Å²) >= 11 is 0. The number of aromatic nitrogens is 4. The molecule has 63 heavy (non-hydrogen) atoms. The number of hydrogen-bond donors (Lipinski definition) is 0. The van der Waals surface area contributed by atoms with E-state index in [1.165, 1.54) is 44.5 Å². The van der Waals surface area contributed by atoms with Crippen LogP contribution < -0.4 is 0 Å². The van der Waals surface area contributed by atoms with Crippen LogP contribution in [0.2, 0.25) is 0 Å². The number of hydrogen-bond acceptors (Lipinski definition) is 4. The van der Waals surface area contributed by atoms with Gasteiger partial charge in [-0.3, -0.25) is 4.57 Å². The third-order valence-electron chi connectivity index (χ3n) is 13.5. The molecule has 5 heteroatoms. The highest BCUT2D eigenvalue weighted by molar-refractivity contribution is 6.12. The van der Waals surface area contributed by atoms with Crippen LogP contribution in [0.25, 0.3) is 106 Å². The lowest BCUT2D eigenvalue weighted by molar-refractivity contribution is 0.669. The predicted octanol–water partition coefficient (Wildman–Crippen LogP) is 14.2. The quantitative estimate of drug-likeness (QED) is 0.178. The topological polar surface area (TPSA) is 56.7 Å². The average molecular weight is 803 g/mol. The van der Waals surface area contributed by atoms with Gasteiger partial charge in [0.1, 0.15) is 11.2 Å². The second-order valence-corrected chi connectivity index (χ2v) is 16.7. The molecule has 0 bridgehead atoms. The Morgan fingerprint density at radius 2 is 0.873 bits per heavy atom. The molecule has 0 fully saturated rings. The molecule has 0 radical (unpaired) electrons. The van der Waals surface area contributed by atoms with E-state index < -0.39 is 5.41 Å². The van der Waals surface area contributed by atoms with Crippen LogP contribution in [0, 0.1) is 0 Å². The smallest absolute Gasteiger partial charge is 0.238 e. The van der Waals surface area contributed by atoms with Gasteiger partial charge < -0.3 is 4.42 Å². The van der Waals surface area contributed by atoms with E-state index in [1.54, 1.807) is 0 Å². The Kier molecular flexibility index (Phi) is 6.97. The number of furan rings is 1. The van der Waals surface area contributed by atoms with E-state index in [0.29, 0.717) is 17.6 Å². The fraction of sp³-hybridized carbons (Fsp3) is 0.0172. The van der Waals surface area contributed by atoms with E-state index in [-0.39, 0.29) is 0 Å². The second-order valence-electron chi connectivity index (χ2n) is 16.7. The number of nitrogens with zero attached hydrogens (tertiary/aromatic N) is 4. The van der Waals surface area contributed by atoms with Crippen molar-refractivity contribution in [1.29, 1.82) is 0 Å². The molecule has 3 heterocycles. The maximum Gasteiger partial charge on any atom is 0.238 e. The Labute approximate surface area is 362 Å². The summed E-state index contributed by atoms with van der Waals surface area (Å²) in [6, 6.07) is 73.8. The van der Waals surface area contributed by atoms with Crippen LogP contribution in [0.15, 0.2) is 211 Å². The van der Waals surface area contributed by atoms with Gasteiger partial charge in [-0.25, -0.2) is 4.98 Å². The van der Waals surface area contributed by atoms with E-state index in [4.69, 9.17) is 19.4 Å². The van der Waals surface area contributed by atoms with E-state index in [1.807, 2.05) is 24.3 Å². The molecule has 2 aliphatic carbocycles. The van der Waals surface area contributed by atoms with Crippen molar-refractivity contribution < 1.29 is 4.42 Å². The molecule has 3 aromatic heterocycles. The lowest BCUT2D eigenvalue weighted by Crippen LogP contribution is -2.25. The van der Waals surface area contributed by atoms with Gasteiger partial charge in [0.2, 0.25) is 5.95 Å². The van der Waals surface area contributed by atoms with Crippen molar-refractivity contribution in [3.05, 3.63) is 229 Å². The highest BCUT2D eigenvalue weighted by atomic mass is 16.3. The molecule has 0 atom stereocenters. The number of fused-ring (bicyclic) bond motifs is 16. The lowest BCUT2D eigenvalue weighted by atomic mass is 9.70. The predicted molar refractivity (Wildman–Crippen MR) is 254 cm³/mol. The molecule has 0 N–H and O–H groups in total. The third-order valence-corrected chi connectivity index (χ3v) is 13.5. The Hall–Kier alpha value is -8.41. The highest BCUT2D eigenvalue weighted by Gasteiger charge is 2.51. The fourth-order valence-corrected chi connectivity index (χ4v) is 10.8. The monoisotopic (exact) mass is 802 g/mol. The summed E-state index contributed by atoms with van der Waals surface area (Å²) in [6.45, 7) is 0. The first-order valence-corrected chi connectivity index (χ1v) is 21.4. The van der Waals surface area contributed by atoms with Gasteiger partial charge in [-0.05, 0) is 92.0 Å².